The van der Waals surface area contributed by atoms with Crippen LogP contribution in [0.2, 0.25) is 0 Å². The van der Waals surface area contributed by atoms with Gasteiger partial charge in [-0.05, 0) is 12.1 Å². The molecule has 84 valence electrons. The first-order valence-corrected chi connectivity index (χ1v) is 5.20. The van der Waals surface area contributed by atoms with Crippen molar-refractivity contribution in [1.82, 2.24) is 4.98 Å². The Kier molecular flexibility index (Phi) is 2.56. The second-order valence-corrected chi connectivity index (χ2v) is 4.05. The molecule has 1 heterocycles. The Morgan fingerprint density at radius 2 is 2.00 bits per heavy atom. The van der Waals surface area contributed by atoms with Crippen LogP contribution in [0.1, 0.15) is 25.5 Å². The smallest absolute Gasteiger partial charge is 0.292 e. The molecule has 1 aromatic carbocycles. The van der Waals surface area contributed by atoms with E-state index in [9.17, 15) is 0 Å². The molecule has 4 N–H and O–H groups in total. The van der Waals surface area contributed by atoms with Gasteiger partial charge in [0.05, 0.1) is 0 Å². The molecule has 0 saturated heterocycles. The van der Waals surface area contributed by atoms with Crippen molar-refractivity contribution in [3.8, 4) is 11.3 Å². The van der Waals surface area contributed by atoms with Crippen molar-refractivity contribution in [2.45, 2.75) is 19.8 Å². The van der Waals surface area contributed by atoms with Crippen LogP contribution in [0, 0.1) is 0 Å². The topological polar surface area (TPSA) is 78.1 Å². The van der Waals surface area contributed by atoms with Crippen LogP contribution in [0.5, 0.6) is 0 Å². The van der Waals surface area contributed by atoms with Gasteiger partial charge in [-0.15, -0.1) is 0 Å². The summed E-state index contributed by atoms with van der Waals surface area (Å²) in [6, 6.07) is 7.73. The summed E-state index contributed by atoms with van der Waals surface area (Å²) < 4.78 is 5.40. The molecule has 0 aliphatic rings. The standard InChI is InChI=1S/C12H15N3O/c1-7(2)11-10(15-12(14)16-11)8-4-3-5-9(13)6-8/h3-7H,13H2,1-2H3,(H2,14,15). The number of nitrogens with two attached hydrogens (primary N) is 2. The molecule has 0 bridgehead atoms. The van der Waals surface area contributed by atoms with E-state index in [4.69, 9.17) is 15.9 Å². The van der Waals surface area contributed by atoms with Gasteiger partial charge < -0.3 is 15.9 Å². The Labute approximate surface area is 94.3 Å². The number of anilines is 2. The molecule has 0 aliphatic carbocycles. The van der Waals surface area contributed by atoms with Gasteiger partial charge in [-0.2, -0.15) is 4.98 Å². The van der Waals surface area contributed by atoms with E-state index in [-0.39, 0.29) is 11.9 Å². The number of aromatic nitrogens is 1. The molecule has 0 atom stereocenters. The number of rotatable bonds is 2. The zero-order chi connectivity index (χ0) is 11.7. The summed E-state index contributed by atoms with van der Waals surface area (Å²) in [7, 11) is 0. The molecule has 4 nitrogen and oxygen atoms in total. The van der Waals surface area contributed by atoms with Crippen molar-refractivity contribution >= 4 is 11.7 Å². The van der Waals surface area contributed by atoms with Crippen molar-refractivity contribution in [1.29, 1.82) is 0 Å². The van der Waals surface area contributed by atoms with Crippen LogP contribution < -0.4 is 11.5 Å². The van der Waals surface area contributed by atoms with Crippen LogP contribution in [-0.2, 0) is 0 Å². The predicted octanol–water partition coefficient (Wildman–Crippen LogP) is 2.63. The number of benzene rings is 1. The SMILES string of the molecule is CC(C)c1oc(N)nc1-c1cccc(N)c1. The number of nitrogens with zero attached hydrogens (tertiary/aromatic N) is 1. The lowest BCUT2D eigenvalue weighted by molar-refractivity contribution is 0.500. The number of nitrogen functional groups attached to an aromatic ring is 2. The largest absolute Gasteiger partial charge is 0.428 e. The number of hydrogen-bond donors (Lipinski definition) is 2. The van der Waals surface area contributed by atoms with E-state index in [0.717, 1.165) is 17.0 Å². The van der Waals surface area contributed by atoms with Gasteiger partial charge in [0.2, 0.25) is 0 Å². The highest BCUT2D eigenvalue weighted by Gasteiger charge is 2.16. The minimum absolute atomic E-state index is 0.195. The summed E-state index contributed by atoms with van der Waals surface area (Å²) in [5.74, 6) is 1.03. The third-order valence-corrected chi connectivity index (χ3v) is 2.35. The summed E-state index contributed by atoms with van der Waals surface area (Å²) in [4.78, 5) is 4.20. The molecule has 0 amide bonds. The third-order valence-electron chi connectivity index (χ3n) is 2.35. The molecule has 2 aromatic rings. The average molecular weight is 217 g/mol. The van der Waals surface area contributed by atoms with Gasteiger partial charge in [0.15, 0.2) is 0 Å². The van der Waals surface area contributed by atoms with Crippen LogP contribution in [0.25, 0.3) is 11.3 Å². The fourth-order valence-electron chi connectivity index (χ4n) is 1.63. The third kappa shape index (κ3) is 1.86. The molecule has 1 aromatic heterocycles. The highest BCUT2D eigenvalue weighted by molar-refractivity contribution is 5.66. The van der Waals surface area contributed by atoms with Gasteiger partial charge in [0.25, 0.3) is 6.01 Å². The Morgan fingerprint density at radius 1 is 1.25 bits per heavy atom. The second kappa shape index (κ2) is 3.89. The first kappa shape index (κ1) is 10.5. The fraction of sp³-hybridized carbons (Fsp3) is 0.250. The number of oxazole rings is 1. The van der Waals surface area contributed by atoms with E-state index in [1.165, 1.54) is 0 Å². The van der Waals surface area contributed by atoms with Crippen molar-refractivity contribution < 1.29 is 4.42 Å². The van der Waals surface area contributed by atoms with Crippen LogP contribution >= 0.6 is 0 Å². The van der Waals surface area contributed by atoms with E-state index in [0.29, 0.717) is 5.69 Å². The molecule has 0 aliphatic heterocycles. The molecule has 0 radical (unpaired) electrons. The van der Waals surface area contributed by atoms with Crippen molar-refractivity contribution in [3.05, 3.63) is 30.0 Å². The Balaban J connectivity index is 2.55. The van der Waals surface area contributed by atoms with Crippen LogP contribution in [0.15, 0.2) is 28.7 Å². The predicted molar refractivity (Wildman–Crippen MR) is 64.9 cm³/mol. The molecule has 2 rings (SSSR count). The summed E-state index contributed by atoms with van der Waals surface area (Å²) in [5.41, 5.74) is 13.7. The fourth-order valence-corrected chi connectivity index (χ4v) is 1.63. The first-order valence-electron chi connectivity index (χ1n) is 5.20. The minimum Gasteiger partial charge on any atom is -0.428 e. The van der Waals surface area contributed by atoms with E-state index >= 15 is 0 Å². The van der Waals surface area contributed by atoms with Crippen LogP contribution in [-0.4, -0.2) is 4.98 Å². The van der Waals surface area contributed by atoms with Gasteiger partial charge in [0, 0.05) is 17.2 Å². The summed E-state index contributed by atoms with van der Waals surface area (Å²) >= 11 is 0. The molecule has 0 fully saturated rings. The summed E-state index contributed by atoms with van der Waals surface area (Å²) in [5, 5.41) is 0. The monoisotopic (exact) mass is 217 g/mol. The highest BCUT2D eigenvalue weighted by Crippen LogP contribution is 2.31. The van der Waals surface area contributed by atoms with Crippen molar-refractivity contribution in [2.75, 3.05) is 11.5 Å². The van der Waals surface area contributed by atoms with Crippen LogP contribution in [0.3, 0.4) is 0 Å². The summed E-state index contributed by atoms with van der Waals surface area (Å²) in [6.45, 7) is 4.07. The molecule has 0 unspecified atom stereocenters. The lowest BCUT2D eigenvalue weighted by Crippen LogP contribution is -1.90. The normalized spacial score (nSPS) is 10.9. The minimum atomic E-state index is 0.195. The molecule has 4 heteroatoms. The highest BCUT2D eigenvalue weighted by atomic mass is 16.4. The quantitative estimate of drug-likeness (QED) is 0.758. The lowest BCUT2D eigenvalue weighted by atomic mass is 10.0. The maximum Gasteiger partial charge on any atom is 0.292 e. The Bertz CT molecular complexity index is 503. The molecule has 0 spiro atoms. The maximum atomic E-state index is 5.74. The molecule has 16 heavy (non-hydrogen) atoms. The second-order valence-electron chi connectivity index (χ2n) is 4.05. The van der Waals surface area contributed by atoms with E-state index in [1.807, 2.05) is 38.1 Å². The van der Waals surface area contributed by atoms with Crippen molar-refractivity contribution in [3.63, 3.8) is 0 Å². The van der Waals surface area contributed by atoms with Gasteiger partial charge in [0.1, 0.15) is 11.5 Å². The van der Waals surface area contributed by atoms with Crippen molar-refractivity contribution in [2.24, 2.45) is 0 Å². The molecule has 0 saturated carbocycles. The number of hydrogen-bond acceptors (Lipinski definition) is 4. The van der Waals surface area contributed by atoms with Gasteiger partial charge in [-0.25, -0.2) is 0 Å². The summed E-state index contributed by atoms with van der Waals surface area (Å²) in [6.07, 6.45) is 0. The maximum absolute atomic E-state index is 5.74. The Hall–Kier alpha value is -1.97. The van der Waals surface area contributed by atoms with Gasteiger partial charge >= 0.3 is 0 Å². The zero-order valence-corrected chi connectivity index (χ0v) is 9.40. The van der Waals surface area contributed by atoms with E-state index < -0.39 is 0 Å². The lowest BCUT2D eigenvalue weighted by Gasteiger charge is -2.04. The zero-order valence-electron chi connectivity index (χ0n) is 9.40. The average Bonchev–Trinajstić information content (AvgIpc) is 2.60. The van der Waals surface area contributed by atoms with Gasteiger partial charge in [-0.3, -0.25) is 0 Å². The van der Waals surface area contributed by atoms with E-state index in [1.54, 1.807) is 0 Å². The molecular formula is C12H15N3O. The van der Waals surface area contributed by atoms with Crippen LogP contribution in [0.4, 0.5) is 11.7 Å². The van der Waals surface area contributed by atoms with Gasteiger partial charge in [-0.1, -0.05) is 26.0 Å². The first-order chi connectivity index (χ1) is 7.58. The Morgan fingerprint density at radius 3 is 2.62 bits per heavy atom. The van der Waals surface area contributed by atoms with E-state index in [2.05, 4.69) is 4.98 Å². The molecular weight excluding hydrogens is 202 g/mol.